The van der Waals surface area contributed by atoms with Crippen LogP contribution in [0.1, 0.15) is 24.6 Å². The van der Waals surface area contributed by atoms with Crippen LogP contribution in [0.5, 0.6) is 0 Å². The zero-order valence-corrected chi connectivity index (χ0v) is 14.1. The summed E-state index contributed by atoms with van der Waals surface area (Å²) >= 11 is 0. The minimum atomic E-state index is -0.440. The maximum absolute atomic E-state index is 12.2. The Kier molecular flexibility index (Phi) is 4.64. The van der Waals surface area contributed by atoms with Gasteiger partial charge in [0.25, 0.3) is 0 Å². The van der Waals surface area contributed by atoms with Gasteiger partial charge in [0.1, 0.15) is 0 Å². The molecule has 2 aromatic rings. The molecule has 4 N–H and O–H groups in total. The third kappa shape index (κ3) is 3.32. The van der Waals surface area contributed by atoms with Crippen LogP contribution in [-0.4, -0.2) is 39.9 Å². The predicted molar refractivity (Wildman–Crippen MR) is 92.4 cm³/mol. The molecule has 1 aliphatic rings. The number of carbonyl (C=O) groups excluding carboxylic acids is 1. The molecule has 0 saturated carbocycles. The van der Waals surface area contributed by atoms with E-state index in [4.69, 9.17) is 5.11 Å². The first kappa shape index (κ1) is 16.6. The van der Waals surface area contributed by atoms with Gasteiger partial charge in [0.05, 0.1) is 17.1 Å². The second-order valence-electron chi connectivity index (χ2n) is 6.31. The fourth-order valence-electron chi connectivity index (χ4n) is 3.08. The lowest BCUT2D eigenvalue weighted by molar-refractivity contribution is -0.129. The van der Waals surface area contributed by atoms with Gasteiger partial charge in [0, 0.05) is 18.0 Å². The van der Waals surface area contributed by atoms with Gasteiger partial charge in [-0.15, -0.1) is 0 Å². The molecule has 0 radical (unpaired) electrons. The number of amides is 1. The number of benzene rings is 1. The number of nitrogens with zero attached hydrogens (tertiary/aromatic N) is 2. The Hall–Kier alpha value is -2.25. The van der Waals surface area contributed by atoms with E-state index in [-0.39, 0.29) is 24.5 Å². The molecule has 1 aliphatic heterocycles. The smallest absolute Gasteiger partial charge is 0.227 e. The van der Waals surface area contributed by atoms with Crippen molar-refractivity contribution >= 4 is 22.8 Å². The first-order valence-electron chi connectivity index (χ1n) is 8.17. The van der Waals surface area contributed by atoms with Crippen LogP contribution in [0.3, 0.4) is 0 Å². The summed E-state index contributed by atoms with van der Waals surface area (Å²) in [7, 11) is 0. The van der Waals surface area contributed by atoms with Crippen LogP contribution >= 0.6 is 0 Å². The van der Waals surface area contributed by atoms with Gasteiger partial charge in [0.15, 0.2) is 6.29 Å². The number of carbonyl (C=O) groups is 1. The van der Waals surface area contributed by atoms with Gasteiger partial charge in [-0.05, 0) is 39.3 Å². The summed E-state index contributed by atoms with van der Waals surface area (Å²) in [5.41, 5.74) is 2.92. The molecule has 7 heteroatoms. The molecule has 1 amide bonds. The van der Waals surface area contributed by atoms with Gasteiger partial charge < -0.3 is 15.7 Å². The summed E-state index contributed by atoms with van der Waals surface area (Å²) < 4.78 is 0. The molecule has 128 valence electrons. The average Bonchev–Trinajstić information content (AvgIpc) is 2.52. The highest BCUT2D eigenvalue weighted by Gasteiger charge is 2.33. The standard InChI is InChI=1S/C17H23N5O2/c1-9-4-5-14-13(8-9)11(3)19-16(20-14)22-17-18-10(2)12(6-7-23)15(24)21-17/h4-5,8,10,12,17-18,23H,6-7H2,1-3H3,(H,21,24)(H,19,20,22). The van der Waals surface area contributed by atoms with Crippen molar-refractivity contribution in [3.05, 3.63) is 29.5 Å². The zero-order chi connectivity index (χ0) is 17.3. The van der Waals surface area contributed by atoms with Crippen molar-refractivity contribution in [2.45, 2.75) is 39.5 Å². The van der Waals surface area contributed by atoms with Crippen molar-refractivity contribution in [1.29, 1.82) is 0 Å². The summed E-state index contributed by atoms with van der Waals surface area (Å²) in [6, 6.07) is 6.00. The molecular formula is C17H23N5O2. The van der Waals surface area contributed by atoms with E-state index in [1.165, 1.54) is 5.56 Å². The highest BCUT2D eigenvalue weighted by Crippen LogP contribution is 2.19. The van der Waals surface area contributed by atoms with E-state index in [1.54, 1.807) is 0 Å². The topological polar surface area (TPSA) is 99.2 Å². The van der Waals surface area contributed by atoms with E-state index in [9.17, 15) is 4.79 Å². The lowest BCUT2D eigenvalue weighted by Crippen LogP contribution is -2.63. The SMILES string of the molecule is Cc1ccc2nc(NC3NC(=O)C(CCO)C(C)N3)nc(C)c2c1. The van der Waals surface area contributed by atoms with Crippen LogP contribution in [0, 0.1) is 19.8 Å². The molecule has 0 aliphatic carbocycles. The van der Waals surface area contributed by atoms with Gasteiger partial charge in [-0.25, -0.2) is 9.97 Å². The Balaban J connectivity index is 1.78. The van der Waals surface area contributed by atoms with E-state index < -0.39 is 6.29 Å². The Morgan fingerprint density at radius 3 is 2.79 bits per heavy atom. The van der Waals surface area contributed by atoms with Gasteiger partial charge in [-0.1, -0.05) is 11.6 Å². The summed E-state index contributed by atoms with van der Waals surface area (Å²) in [6.07, 6.45) is 0.00206. The quantitative estimate of drug-likeness (QED) is 0.669. The summed E-state index contributed by atoms with van der Waals surface area (Å²) in [5, 5.41) is 19.3. The van der Waals surface area contributed by atoms with E-state index in [0.29, 0.717) is 12.4 Å². The van der Waals surface area contributed by atoms with Crippen LogP contribution in [-0.2, 0) is 4.79 Å². The second kappa shape index (κ2) is 6.70. The number of aliphatic hydroxyl groups is 1. The molecule has 0 spiro atoms. The number of hydrogen-bond acceptors (Lipinski definition) is 6. The minimum Gasteiger partial charge on any atom is -0.396 e. The number of anilines is 1. The van der Waals surface area contributed by atoms with Crippen LogP contribution < -0.4 is 16.0 Å². The number of hydrogen-bond donors (Lipinski definition) is 4. The van der Waals surface area contributed by atoms with Crippen LogP contribution in [0.4, 0.5) is 5.95 Å². The van der Waals surface area contributed by atoms with E-state index in [1.807, 2.05) is 32.9 Å². The van der Waals surface area contributed by atoms with Crippen molar-refractivity contribution < 1.29 is 9.90 Å². The predicted octanol–water partition coefficient (Wildman–Crippen LogP) is 1.05. The number of aryl methyl sites for hydroxylation is 2. The van der Waals surface area contributed by atoms with Crippen molar-refractivity contribution in [3.63, 3.8) is 0 Å². The lowest BCUT2D eigenvalue weighted by atomic mass is 9.95. The number of aliphatic hydroxyl groups excluding tert-OH is 1. The summed E-state index contributed by atoms with van der Waals surface area (Å²) in [4.78, 5) is 21.2. The maximum Gasteiger partial charge on any atom is 0.227 e. The minimum absolute atomic E-state index is 0.00536. The monoisotopic (exact) mass is 329 g/mol. The molecule has 24 heavy (non-hydrogen) atoms. The third-order valence-electron chi connectivity index (χ3n) is 4.41. The number of rotatable bonds is 4. The first-order valence-corrected chi connectivity index (χ1v) is 8.17. The summed E-state index contributed by atoms with van der Waals surface area (Å²) in [6.45, 7) is 5.91. The molecule has 3 atom stereocenters. The molecule has 1 aromatic carbocycles. The first-order chi connectivity index (χ1) is 11.5. The van der Waals surface area contributed by atoms with E-state index in [2.05, 4.69) is 32.0 Å². The van der Waals surface area contributed by atoms with Crippen LogP contribution in [0.2, 0.25) is 0 Å². The second-order valence-corrected chi connectivity index (χ2v) is 6.31. The summed E-state index contributed by atoms with van der Waals surface area (Å²) in [5.74, 6) is 0.144. The number of aromatic nitrogens is 2. The Morgan fingerprint density at radius 2 is 2.08 bits per heavy atom. The molecule has 0 bridgehead atoms. The Morgan fingerprint density at radius 1 is 1.29 bits per heavy atom. The molecular weight excluding hydrogens is 306 g/mol. The average molecular weight is 329 g/mol. The largest absolute Gasteiger partial charge is 0.396 e. The van der Waals surface area contributed by atoms with Gasteiger partial charge >= 0.3 is 0 Å². The molecule has 2 heterocycles. The van der Waals surface area contributed by atoms with Crippen molar-refractivity contribution in [2.24, 2.45) is 5.92 Å². The maximum atomic E-state index is 12.2. The zero-order valence-electron chi connectivity index (χ0n) is 14.1. The van der Waals surface area contributed by atoms with Crippen molar-refractivity contribution in [3.8, 4) is 0 Å². The van der Waals surface area contributed by atoms with Crippen molar-refractivity contribution in [2.75, 3.05) is 11.9 Å². The fourth-order valence-corrected chi connectivity index (χ4v) is 3.08. The van der Waals surface area contributed by atoms with E-state index in [0.717, 1.165) is 16.6 Å². The number of fused-ring (bicyclic) bond motifs is 1. The lowest BCUT2D eigenvalue weighted by Gasteiger charge is -2.35. The normalized spacial score (nSPS) is 24.0. The van der Waals surface area contributed by atoms with E-state index >= 15 is 0 Å². The third-order valence-corrected chi connectivity index (χ3v) is 4.41. The molecule has 3 unspecified atom stereocenters. The van der Waals surface area contributed by atoms with Crippen LogP contribution in [0.15, 0.2) is 18.2 Å². The Bertz CT molecular complexity index is 764. The molecule has 1 fully saturated rings. The molecule has 3 rings (SSSR count). The highest BCUT2D eigenvalue weighted by atomic mass is 16.3. The van der Waals surface area contributed by atoms with Crippen molar-refractivity contribution in [1.82, 2.24) is 20.6 Å². The number of nitrogens with one attached hydrogen (secondary N) is 3. The Labute approximate surface area is 140 Å². The fraction of sp³-hybridized carbons (Fsp3) is 0.471. The van der Waals surface area contributed by atoms with Crippen LogP contribution in [0.25, 0.3) is 10.9 Å². The van der Waals surface area contributed by atoms with Gasteiger partial charge in [0.2, 0.25) is 11.9 Å². The van der Waals surface area contributed by atoms with Gasteiger partial charge in [-0.3, -0.25) is 10.1 Å². The molecule has 7 nitrogen and oxygen atoms in total. The molecule has 1 saturated heterocycles. The highest BCUT2D eigenvalue weighted by molar-refractivity contribution is 5.83. The molecule has 1 aromatic heterocycles. The van der Waals surface area contributed by atoms with Gasteiger partial charge in [-0.2, -0.15) is 0 Å².